The molecule has 2 heterocycles. The molecule has 0 radical (unpaired) electrons. The van der Waals surface area contributed by atoms with Crippen LogP contribution >= 0.6 is 0 Å². The molecule has 2 aliphatic heterocycles. The lowest BCUT2D eigenvalue weighted by atomic mass is 9.88. The first-order chi connectivity index (χ1) is 19.6. The Morgan fingerprint density at radius 3 is 2.46 bits per heavy atom. The highest BCUT2D eigenvalue weighted by Gasteiger charge is 2.36. The van der Waals surface area contributed by atoms with Crippen LogP contribution in [0.5, 0.6) is 0 Å². The third-order valence-electron chi connectivity index (χ3n) is 8.10. The van der Waals surface area contributed by atoms with Gasteiger partial charge in [-0.2, -0.15) is 5.11 Å². The van der Waals surface area contributed by atoms with Gasteiger partial charge in [0.2, 0.25) is 11.8 Å². The fourth-order valence-corrected chi connectivity index (χ4v) is 5.25. The number of methoxy groups -OCH3 is 1. The van der Waals surface area contributed by atoms with Crippen LogP contribution in [0.1, 0.15) is 95.0 Å². The molecule has 2 amide bonds. The number of benzene rings is 2. The van der Waals surface area contributed by atoms with Gasteiger partial charge in [-0.25, -0.2) is 0 Å². The fraction of sp³-hybridized carbons (Fsp3) is 0.562. The van der Waals surface area contributed by atoms with Crippen molar-refractivity contribution in [3.8, 4) is 0 Å². The number of amides is 2. The van der Waals surface area contributed by atoms with Crippen LogP contribution in [0.3, 0.4) is 0 Å². The maximum absolute atomic E-state index is 13.6. The third-order valence-corrected chi connectivity index (χ3v) is 8.10. The normalized spacial score (nSPS) is 18.0. The summed E-state index contributed by atoms with van der Waals surface area (Å²) in [5, 5.41) is 11.6. The fourth-order valence-electron chi connectivity index (χ4n) is 5.25. The predicted octanol–water partition coefficient (Wildman–Crippen LogP) is 5.96. The molecule has 9 heteroatoms. The lowest BCUT2D eigenvalue weighted by Gasteiger charge is -2.32. The van der Waals surface area contributed by atoms with Gasteiger partial charge in [0.15, 0.2) is 0 Å². The second-order valence-electron chi connectivity index (χ2n) is 12.1. The molecule has 0 bridgehead atoms. The number of nitrogens with one attached hydrogen (secondary N) is 2. The number of rotatable bonds is 13. The summed E-state index contributed by atoms with van der Waals surface area (Å²) in [7, 11) is 1.71. The van der Waals surface area contributed by atoms with Crippen LogP contribution in [0.4, 0.5) is 5.69 Å². The Morgan fingerprint density at radius 2 is 1.68 bits per heavy atom. The summed E-state index contributed by atoms with van der Waals surface area (Å²) >= 11 is 0. The van der Waals surface area contributed by atoms with Crippen LogP contribution in [-0.2, 0) is 25.6 Å². The number of hydrogen-bond donors (Lipinski definition) is 2. The zero-order valence-corrected chi connectivity index (χ0v) is 25.1. The van der Waals surface area contributed by atoms with Crippen molar-refractivity contribution in [1.29, 1.82) is 0 Å². The van der Waals surface area contributed by atoms with Crippen LogP contribution in [0.2, 0.25) is 0 Å². The summed E-state index contributed by atoms with van der Waals surface area (Å²) < 4.78 is 11.5. The summed E-state index contributed by atoms with van der Waals surface area (Å²) in [5.41, 5.74) is 6.67. The average molecular weight is 564 g/mol. The van der Waals surface area contributed by atoms with Gasteiger partial charge in [0, 0.05) is 37.7 Å². The Labute approximate surface area is 244 Å². The van der Waals surface area contributed by atoms with E-state index >= 15 is 0 Å². The minimum Gasteiger partial charge on any atom is -0.379 e. The van der Waals surface area contributed by atoms with Crippen LogP contribution in [0.25, 0.3) is 0 Å². The molecular formula is C32H45N5O4. The Kier molecular flexibility index (Phi) is 10.1. The van der Waals surface area contributed by atoms with Gasteiger partial charge in [-0.3, -0.25) is 15.0 Å². The Hall–Kier alpha value is -3.30. The molecule has 222 valence electrons. The monoisotopic (exact) mass is 563 g/mol. The van der Waals surface area contributed by atoms with Crippen molar-refractivity contribution in [2.75, 3.05) is 25.2 Å². The molecule has 4 rings (SSSR count). The Bertz CT molecular complexity index is 1230. The quantitative estimate of drug-likeness (QED) is 0.293. The van der Waals surface area contributed by atoms with Gasteiger partial charge in [-0.05, 0) is 70.6 Å². The Morgan fingerprint density at radius 1 is 0.976 bits per heavy atom. The van der Waals surface area contributed by atoms with E-state index in [0.717, 1.165) is 35.2 Å². The zero-order valence-electron chi connectivity index (χ0n) is 25.1. The van der Waals surface area contributed by atoms with E-state index in [4.69, 9.17) is 9.47 Å². The molecule has 0 aromatic heterocycles. The largest absolute Gasteiger partial charge is 0.379 e. The number of hydrogen-bond acceptors (Lipinski definition) is 7. The summed E-state index contributed by atoms with van der Waals surface area (Å²) in [5.74, 6) is 0.0500. The number of nitrogens with zero attached hydrogens (tertiary/aromatic N) is 3. The number of carbonyl (C=O) groups is 2. The SMILES string of the molecule is COC(C)(C)CCOC(C)(C)CCNC(=O)CCCCC(=O)N1Cc2ccccc2C2NN=NC2c2ccccc21. The highest BCUT2D eigenvalue weighted by atomic mass is 16.5. The number of fused-ring (bicyclic) bond motifs is 5. The number of carbonyl (C=O) groups excluding carboxylic acids is 2. The van der Waals surface area contributed by atoms with E-state index in [0.29, 0.717) is 45.4 Å². The highest BCUT2D eigenvalue weighted by Crippen LogP contribution is 2.44. The first-order valence-electron chi connectivity index (χ1n) is 14.7. The third kappa shape index (κ3) is 8.14. The van der Waals surface area contributed by atoms with Crippen LogP contribution in [-0.4, -0.2) is 43.3 Å². The Balaban J connectivity index is 1.25. The minimum atomic E-state index is -0.333. The summed E-state index contributed by atoms with van der Waals surface area (Å²) in [4.78, 5) is 27.9. The maximum atomic E-state index is 13.6. The van der Waals surface area contributed by atoms with Crippen molar-refractivity contribution in [2.24, 2.45) is 10.3 Å². The standard InChI is InChI=1S/C32H45N5O4/c1-31(2,40-5)19-21-41-32(3,4)18-20-33-27(38)16-10-11-17-28(39)37-22-23-12-6-7-13-24(23)29-30(35-36-34-29)25-14-8-9-15-26(25)37/h6-9,12-15,29-30H,10-11,16-22H2,1-5H3,(H,33,38)(H,34,35). The molecule has 2 unspecified atom stereocenters. The molecular weight excluding hydrogens is 518 g/mol. The lowest BCUT2D eigenvalue weighted by molar-refractivity contribution is -0.122. The smallest absolute Gasteiger partial charge is 0.227 e. The molecule has 0 saturated carbocycles. The van der Waals surface area contributed by atoms with E-state index in [2.05, 4.69) is 33.2 Å². The van der Waals surface area contributed by atoms with Crippen molar-refractivity contribution >= 4 is 17.5 Å². The van der Waals surface area contributed by atoms with Gasteiger partial charge >= 0.3 is 0 Å². The average Bonchev–Trinajstić information content (AvgIpc) is 3.42. The number of ether oxygens (including phenoxy) is 2. The molecule has 2 aromatic carbocycles. The molecule has 2 aliphatic rings. The van der Waals surface area contributed by atoms with Gasteiger partial charge < -0.3 is 19.7 Å². The number of unbranched alkanes of at least 4 members (excludes halogenated alkanes) is 1. The summed E-state index contributed by atoms with van der Waals surface area (Å²) in [6, 6.07) is 15.9. The first-order valence-corrected chi connectivity index (χ1v) is 14.7. The van der Waals surface area contributed by atoms with E-state index in [1.807, 2.05) is 69.0 Å². The summed E-state index contributed by atoms with van der Waals surface area (Å²) in [6.45, 7) is 9.80. The minimum absolute atomic E-state index is 0.00411. The lowest BCUT2D eigenvalue weighted by Crippen LogP contribution is -2.35. The van der Waals surface area contributed by atoms with Crippen LogP contribution in [0.15, 0.2) is 58.9 Å². The van der Waals surface area contributed by atoms with E-state index in [-0.39, 0.29) is 35.1 Å². The second-order valence-corrected chi connectivity index (χ2v) is 12.1. The second kappa shape index (κ2) is 13.6. The van der Waals surface area contributed by atoms with Crippen molar-refractivity contribution in [3.05, 3.63) is 65.2 Å². The molecule has 9 nitrogen and oxygen atoms in total. The molecule has 0 saturated heterocycles. The predicted molar refractivity (Wildman–Crippen MR) is 159 cm³/mol. The molecule has 0 aliphatic carbocycles. The number of para-hydroxylation sites is 1. The molecule has 2 N–H and O–H groups in total. The molecule has 0 spiro atoms. The van der Waals surface area contributed by atoms with Crippen molar-refractivity contribution in [2.45, 2.75) is 96.1 Å². The maximum Gasteiger partial charge on any atom is 0.227 e. The van der Waals surface area contributed by atoms with Gasteiger partial charge in [0.05, 0.1) is 30.4 Å². The van der Waals surface area contributed by atoms with E-state index in [9.17, 15) is 9.59 Å². The van der Waals surface area contributed by atoms with Crippen LogP contribution < -0.4 is 15.6 Å². The topological polar surface area (TPSA) is 105 Å². The van der Waals surface area contributed by atoms with E-state index < -0.39 is 0 Å². The number of anilines is 1. The summed E-state index contributed by atoms with van der Waals surface area (Å²) in [6.07, 6.45) is 3.58. The van der Waals surface area contributed by atoms with Crippen molar-refractivity contribution < 1.29 is 19.1 Å². The highest BCUT2D eigenvalue weighted by molar-refractivity contribution is 5.94. The molecule has 2 atom stereocenters. The van der Waals surface area contributed by atoms with Crippen molar-refractivity contribution in [1.82, 2.24) is 10.7 Å². The van der Waals surface area contributed by atoms with E-state index in [1.54, 1.807) is 7.11 Å². The van der Waals surface area contributed by atoms with Crippen molar-refractivity contribution in [3.63, 3.8) is 0 Å². The zero-order chi connectivity index (χ0) is 29.5. The van der Waals surface area contributed by atoms with Gasteiger partial charge in [-0.15, -0.1) is 0 Å². The first kappa shape index (κ1) is 30.7. The molecule has 0 fully saturated rings. The van der Waals surface area contributed by atoms with Crippen LogP contribution in [0, 0.1) is 0 Å². The molecule has 41 heavy (non-hydrogen) atoms. The van der Waals surface area contributed by atoms with E-state index in [1.165, 1.54) is 0 Å². The van der Waals surface area contributed by atoms with Gasteiger partial charge in [0.25, 0.3) is 0 Å². The molecule has 2 aromatic rings. The van der Waals surface area contributed by atoms with Gasteiger partial charge in [0.1, 0.15) is 6.04 Å². The van der Waals surface area contributed by atoms with Gasteiger partial charge in [-0.1, -0.05) is 47.7 Å².